The lowest BCUT2D eigenvalue weighted by Gasteiger charge is -2.28. The molecule has 3 rings (SSSR count). The molecule has 0 saturated carbocycles. The molecule has 3 heterocycles. The summed E-state index contributed by atoms with van der Waals surface area (Å²) < 4.78 is 42.3. The summed E-state index contributed by atoms with van der Waals surface area (Å²) >= 11 is 7.13. The molecule has 1 aliphatic rings. The van der Waals surface area contributed by atoms with Crippen LogP contribution in [0.15, 0.2) is 24.5 Å². The SMILES string of the molecule is O=C(NC1COCC(CCCC(F)(F)F)C1=O)c1sc(-c2cccnc2)nc1Cl. The van der Waals surface area contributed by atoms with Crippen LogP contribution < -0.4 is 5.32 Å². The number of nitrogens with zero attached hydrogens (tertiary/aromatic N) is 2. The Kier molecular flexibility index (Phi) is 6.86. The minimum absolute atomic E-state index is 0.00254. The van der Waals surface area contributed by atoms with Gasteiger partial charge >= 0.3 is 6.18 Å². The molecular formula is C18H17ClF3N3O3S. The van der Waals surface area contributed by atoms with E-state index in [0.29, 0.717) is 10.6 Å². The number of nitrogens with one attached hydrogen (secondary N) is 1. The van der Waals surface area contributed by atoms with Gasteiger partial charge < -0.3 is 10.1 Å². The Morgan fingerprint density at radius 3 is 2.86 bits per heavy atom. The number of ether oxygens (including phenoxy) is 1. The van der Waals surface area contributed by atoms with Gasteiger partial charge in [0.05, 0.1) is 13.2 Å². The van der Waals surface area contributed by atoms with Crippen molar-refractivity contribution in [3.63, 3.8) is 0 Å². The van der Waals surface area contributed by atoms with E-state index < -0.39 is 30.5 Å². The highest BCUT2D eigenvalue weighted by atomic mass is 35.5. The summed E-state index contributed by atoms with van der Waals surface area (Å²) in [6.07, 6.45) is -2.15. The van der Waals surface area contributed by atoms with Gasteiger partial charge in [0, 0.05) is 30.3 Å². The molecule has 2 aromatic rings. The molecule has 2 atom stereocenters. The zero-order valence-corrected chi connectivity index (χ0v) is 16.6. The molecule has 0 spiro atoms. The monoisotopic (exact) mass is 447 g/mol. The molecule has 6 nitrogen and oxygen atoms in total. The normalized spacial score (nSPS) is 19.9. The van der Waals surface area contributed by atoms with Crippen LogP contribution in [-0.2, 0) is 9.53 Å². The van der Waals surface area contributed by atoms with Crippen LogP contribution in [0.1, 0.15) is 28.9 Å². The molecular weight excluding hydrogens is 431 g/mol. The summed E-state index contributed by atoms with van der Waals surface area (Å²) in [6, 6.07) is 2.56. The van der Waals surface area contributed by atoms with Gasteiger partial charge in [-0.3, -0.25) is 14.6 Å². The maximum absolute atomic E-state index is 12.6. The minimum atomic E-state index is -4.26. The van der Waals surface area contributed by atoms with Gasteiger partial charge in [-0.15, -0.1) is 11.3 Å². The summed E-state index contributed by atoms with van der Waals surface area (Å²) in [5.74, 6) is -1.60. The summed E-state index contributed by atoms with van der Waals surface area (Å²) in [5.41, 5.74) is 0.695. The minimum Gasteiger partial charge on any atom is -0.378 e. The third-order valence-corrected chi connectivity index (χ3v) is 5.86. The Morgan fingerprint density at radius 2 is 2.17 bits per heavy atom. The van der Waals surface area contributed by atoms with Crippen molar-refractivity contribution >= 4 is 34.6 Å². The second kappa shape index (κ2) is 9.19. The summed E-state index contributed by atoms with van der Waals surface area (Å²) in [4.78, 5) is 33.4. The number of carbonyl (C=O) groups is 2. The van der Waals surface area contributed by atoms with E-state index in [2.05, 4.69) is 15.3 Å². The zero-order valence-electron chi connectivity index (χ0n) is 15.0. The summed E-state index contributed by atoms with van der Waals surface area (Å²) in [5, 5.41) is 3.06. The number of hydrogen-bond acceptors (Lipinski definition) is 6. The second-order valence-electron chi connectivity index (χ2n) is 6.55. The van der Waals surface area contributed by atoms with Crippen molar-refractivity contribution in [2.24, 2.45) is 5.92 Å². The van der Waals surface area contributed by atoms with Crippen molar-refractivity contribution < 1.29 is 27.5 Å². The predicted molar refractivity (Wildman–Crippen MR) is 101 cm³/mol. The molecule has 1 aliphatic heterocycles. The Morgan fingerprint density at radius 1 is 1.38 bits per heavy atom. The van der Waals surface area contributed by atoms with Gasteiger partial charge in [0.15, 0.2) is 10.9 Å². The Balaban J connectivity index is 1.63. The van der Waals surface area contributed by atoms with E-state index in [1.807, 2.05) is 0 Å². The van der Waals surface area contributed by atoms with Crippen LogP contribution in [0.2, 0.25) is 5.15 Å². The van der Waals surface area contributed by atoms with E-state index in [1.54, 1.807) is 24.5 Å². The number of aromatic nitrogens is 2. The molecule has 0 aromatic carbocycles. The quantitative estimate of drug-likeness (QED) is 0.726. The smallest absolute Gasteiger partial charge is 0.378 e. The molecule has 1 saturated heterocycles. The topological polar surface area (TPSA) is 81.2 Å². The van der Waals surface area contributed by atoms with Crippen LogP contribution in [0.5, 0.6) is 0 Å². The van der Waals surface area contributed by atoms with Crippen LogP contribution in [0, 0.1) is 5.92 Å². The summed E-state index contributed by atoms with van der Waals surface area (Å²) in [6.45, 7) is 0.0156. The molecule has 0 radical (unpaired) electrons. The van der Waals surface area contributed by atoms with Gasteiger partial charge in [-0.1, -0.05) is 11.6 Å². The molecule has 1 N–H and O–H groups in total. The maximum atomic E-state index is 12.6. The van der Waals surface area contributed by atoms with Gasteiger partial charge in [0.25, 0.3) is 5.91 Å². The first kappa shape index (κ1) is 21.7. The number of rotatable bonds is 6. The van der Waals surface area contributed by atoms with Crippen molar-refractivity contribution in [3.8, 4) is 10.6 Å². The molecule has 29 heavy (non-hydrogen) atoms. The maximum Gasteiger partial charge on any atom is 0.389 e. The van der Waals surface area contributed by atoms with E-state index in [4.69, 9.17) is 16.3 Å². The highest BCUT2D eigenvalue weighted by Crippen LogP contribution is 2.31. The highest BCUT2D eigenvalue weighted by molar-refractivity contribution is 7.17. The van der Waals surface area contributed by atoms with E-state index in [9.17, 15) is 22.8 Å². The number of halogens is 4. The zero-order chi connectivity index (χ0) is 21.0. The third-order valence-electron chi connectivity index (χ3n) is 4.37. The fraction of sp³-hybridized carbons (Fsp3) is 0.444. The average molecular weight is 448 g/mol. The number of alkyl halides is 3. The van der Waals surface area contributed by atoms with Gasteiger partial charge in [-0.2, -0.15) is 13.2 Å². The van der Waals surface area contributed by atoms with E-state index in [0.717, 1.165) is 11.3 Å². The van der Waals surface area contributed by atoms with Crippen LogP contribution >= 0.6 is 22.9 Å². The van der Waals surface area contributed by atoms with Gasteiger partial charge in [0.2, 0.25) is 0 Å². The lowest BCUT2D eigenvalue weighted by Crippen LogP contribution is -2.50. The average Bonchev–Trinajstić information content (AvgIpc) is 3.06. The van der Waals surface area contributed by atoms with Gasteiger partial charge in [-0.05, 0) is 25.0 Å². The van der Waals surface area contributed by atoms with Gasteiger partial charge in [0.1, 0.15) is 15.9 Å². The highest BCUT2D eigenvalue weighted by Gasteiger charge is 2.35. The van der Waals surface area contributed by atoms with Crippen LogP contribution in [0.4, 0.5) is 13.2 Å². The molecule has 0 bridgehead atoms. The Bertz CT molecular complexity index is 876. The van der Waals surface area contributed by atoms with Crippen LogP contribution in [0.25, 0.3) is 10.6 Å². The Labute approximate surface area is 173 Å². The first-order valence-corrected chi connectivity index (χ1v) is 10.00. The molecule has 1 amide bonds. The Hall–Kier alpha value is -2.04. The van der Waals surface area contributed by atoms with Crippen molar-refractivity contribution in [3.05, 3.63) is 34.6 Å². The second-order valence-corrected chi connectivity index (χ2v) is 7.91. The first-order chi connectivity index (χ1) is 13.7. The van der Waals surface area contributed by atoms with E-state index in [1.165, 1.54) is 0 Å². The fourth-order valence-electron chi connectivity index (χ4n) is 2.94. The van der Waals surface area contributed by atoms with Crippen molar-refractivity contribution in [2.75, 3.05) is 13.2 Å². The first-order valence-electron chi connectivity index (χ1n) is 8.80. The van der Waals surface area contributed by atoms with Crippen molar-refractivity contribution in [1.29, 1.82) is 0 Å². The third kappa shape index (κ3) is 5.74. The van der Waals surface area contributed by atoms with Crippen LogP contribution in [0.3, 0.4) is 0 Å². The number of Topliss-reactive ketones (excluding diaryl/α,β-unsaturated/α-hetero) is 1. The number of amides is 1. The van der Waals surface area contributed by atoms with Crippen molar-refractivity contribution in [2.45, 2.75) is 31.5 Å². The molecule has 1 fully saturated rings. The largest absolute Gasteiger partial charge is 0.389 e. The van der Waals surface area contributed by atoms with Crippen molar-refractivity contribution in [1.82, 2.24) is 15.3 Å². The number of thiazole rings is 1. The number of carbonyl (C=O) groups excluding carboxylic acids is 2. The lowest BCUT2D eigenvalue weighted by molar-refractivity contribution is -0.141. The number of hydrogen-bond donors (Lipinski definition) is 1. The predicted octanol–water partition coefficient (Wildman–Crippen LogP) is 3.91. The fourth-order valence-corrected chi connectivity index (χ4v) is 4.13. The molecule has 11 heteroatoms. The van der Waals surface area contributed by atoms with Gasteiger partial charge in [-0.25, -0.2) is 4.98 Å². The molecule has 156 valence electrons. The molecule has 2 aromatic heterocycles. The molecule has 2 unspecified atom stereocenters. The molecule has 0 aliphatic carbocycles. The summed E-state index contributed by atoms with van der Waals surface area (Å²) in [7, 11) is 0. The van der Waals surface area contributed by atoms with E-state index in [-0.39, 0.29) is 41.9 Å². The van der Waals surface area contributed by atoms with E-state index >= 15 is 0 Å². The standard InChI is InChI=1S/C18H17ClF3N3O3S/c19-15-14(29-17(25-15)10-4-2-6-23-7-10)16(27)24-12-9-28-8-11(13(12)26)3-1-5-18(20,21)22/h2,4,6-7,11-12H,1,3,5,8-9H2,(H,24,27). The number of ketones is 1. The number of pyridine rings is 1. The van der Waals surface area contributed by atoms with Crippen LogP contribution in [-0.4, -0.2) is 47.1 Å². The lowest BCUT2D eigenvalue weighted by atomic mass is 9.91.